The molecule has 6 nitrogen and oxygen atoms in total. The summed E-state index contributed by atoms with van der Waals surface area (Å²) in [5, 5.41) is 19.4. The van der Waals surface area contributed by atoms with Gasteiger partial charge in [0, 0.05) is 0 Å². The molecule has 9 heteroatoms. The lowest BCUT2D eigenvalue weighted by molar-refractivity contribution is -0.263. The Labute approximate surface area is 129 Å². The zero-order valence-electron chi connectivity index (χ0n) is 7.26. The Morgan fingerprint density at radius 2 is 1.67 bits per heavy atom. The molecule has 2 N–H and O–H groups in total. The molecule has 5 atom stereocenters. The van der Waals surface area contributed by atoms with E-state index in [1.807, 2.05) is 0 Å². The highest BCUT2D eigenvalue weighted by Crippen LogP contribution is 2.27. The van der Waals surface area contributed by atoms with Gasteiger partial charge in [0.25, 0.3) is 0 Å². The molecule has 15 heavy (non-hydrogen) atoms. The monoisotopic (exact) mass is 558 g/mol. The second kappa shape index (κ2) is 7.40. The summed E-state index contributed by atoms with van der Waals surface area (Å²) in [6.07, 6.45) is -4.08. The van der Waals surface area contributed by atoms with Gasteiger partial charge in [-0.25, -0.2) is 0 Å². The summed E-state index contributed by atoms with van der Waals surface area (Å²) in [5.41, 5.74) is 0. The molecule has 0 bridgehead atoms. The van der Waals surface area contributed by atoms with E-state index in [1.54, 1.807) is 69.0 Å². The third-order valence-corrected chi connectivity index (χ3v) is 3.60. The van der Waals surface area contributed by atoms with Crippen LogP contribution in [0.25, 0.3) is 0 Å². The smallest absolute Gasteiger partial charge is 0.185 e. The maximum Gasteiger partial charge on any atom is 0.185 e. The second-order valence-electron chi connectivity index (χ2n) is 2.94. The van der Waals surface area contributed by atoms with Crippen molar-refractivity contribution in [2.45, 2.75) is 30.7 Å². The summed E-state index contributed by atoms with van der Waals surface area (Å²) >= 11 is 4.98. The Hall–Kier alpha value is 1.95. The first-order valence-electron chi connectivity index (χ1n) is 3.95. The minimum atomic E-state index is -1.18. The van der Waals surface area contributed by atoms with Gasteiger partial charge in [-0.15, -0.1) is 0 Å². The first kappa shape index (κ1) is 15.0. The average molecular weight is 558 g/mol. The predicted molar refractivity (Wildman–Crippen MR) is 74.6 cm³/mol. The SMILES string of the molecule is OC1O[C@@H](COI)C(OI)C(O)[C@H]1OI. The molecule has 1 saturated heterocycles. The third kappa shape index (κ3) is 3.70. The normalized spacial score (nSPS) is 41.8. The molecule has 3 unspecified atom stereocenters. The van der Waals surface area contributed by atoms with Gasteiger partial charge in [0.05, 0.1) is 6.61 Å². The quantitative estimate of drug-likeness (QED) is 0.501. The lowest BCUT2D eigenvalue weighted by Crippen LogP contribution is -2.58. The molecule has 1 rings (SSSR count). The Bertz CT molecular complexity index is 194. The molecule has 1 aliphatic rings. The van der Waals surface area contributed by atoms with Crippen LogP contribution >= 0.6 is 69.0 Å². The van der Waals surface area contributed by atoms with E-state index in [4.69, 9.17) is 13.9 Å². The molecule has 0 saturated carbocycles. The first-order valence-corrected chi connectivity index (χ1v) is 6.59. The van der Waals surface area contributed by atoms with Crippen LogP contribution in [0.15, 0.2) is 0 Å². The second-order valence-corrected chi connectivity index (χ2v) is 4.58. The number of hydrogen-bond acceptors (Lipinski definition) is 6. The van der Waals surface area contributed by atoms with Crippen molar-refractivity contribution in [1.29, 1.82) is 0 Å². The summed E-state index contributed by atoms with van der Waals surface area (Å²) in [7, 11) is 0. The molecule has 0 aromatic rings. The average Bonchev–Trinajstić information content (AvgIpc) is 2.19. The van der Waals surface area contributed by atoms with E-state index in [2.05, 4.69) is 0 Å². The fraction of sp³-hybridized carbons (Fsp3) is 1.00. The highest BCUT2D eigenvalue weighted by molar-refractivity contribution is 14.1. The van der Waals surface area contributed by atoms with E-state index in [9.17, 15) is 10.2 Å². The molecular weight excluding hydrogens is 549 g/mol. The minimum Gasteiger partial charge on any atom is -0.387 e. The van der Waals surface area contributed by atoms with Gasteiger partial charge in [0.1, 0.15) is 93.4 Å². The molecule has 0 aromatic carbocycles. The summed E-state index contributed by atoms with van der Waals surface area (Å²) < 4.78 is 20.0. The number of aliphatic hydroxyl groups excluding tert-OH is 2. The van der Waals surface area contributed by atoms with Crippen LogP contribution in [0.1, 0.15) is 0 Å². The van der Waals surface area contributed by atoms with Gasteiger partial charge in [-0.2, -0.15) is 0 Å². The van der Waals surface area contributed by atoms with Crippen molar-refractivity contribution >= 4 is 69.0 Å². The fourth-order valence-corrected chi connectivity index (χ4v) is 2.85. The zero-order chi connectivity index (χ0) is 11.4. The van der Waals surface area contributed by atoms with E-state index in [1.165, 1.54) is 0 Å². The lowest BCUT2D eigenvalue weighted by atomic mass is 10.00. The van der Waals surface area contributed by atoms with Gasteiger partial charge in [-0.3, -0.25) is 0 Å². The van der Waals surface area contributed by atoms with Crippen LogP contribution in [0, 0.1) is 0 Å². The van der Waals surface area contributed by atoms with Gasteiger partial charge in [0.2, 0.25) is 0 Å². The predicted octanol–water partition coefficient (Wildman–Crippen LogP) is 0.901. The van der Waals surface area contributed by atoms with Crippen LogP contribution < -0.4 is 0 Å². The Morgan fingerprint density at radius 3 is 2.13 bits per heavy atom. The highest BCUT2D eigenvalue weighted by Gasteiger charge is 2.46. The van der Waals surface area contributed by atoms with Crippen LogP contribution in [-0.2, 0) is 13.9 Å². The molecule has 1 heterocycles. The largest absolute Gasteiger partial charge is 0.387 e. The van der Waals surface area contributed by atoms with Crippen molar-refractivity contribution in [2.24, 2.45) is 0 Å². The number of halogens is 3. The molecule has 0 spiro atoms. The third-order valence-electron chi connectivity index (χ3n) is 2.07. The minimum absolute atomic E-state index is 0.219. The van der Waals surface area contributed by atoms with Gasteiger partial charge in [-0.05, 0) is 0 Å². The van der Waals surface area contributed by atoms with Crippen molar-refractivity contribution in [1.82, 2.24) is 0 Å². The van der Waals surface area contributed by atoms with Gasteiger partial charge < -0.3 is 24.1 Å². The molecule has 1 aliphatic heterocycles. The van der Waals surface area contributed by atoms with Crippen molar-refractivity contribution in [3.05, 3.63) is 0 Å². The molecule has 0 aliphatic carbocycles. The molecule has 0 aromatic heterocycles. The summed E-state index contributed by atoms with van der Waals surface area (Å²) in [4.78, 5) is 0. The van der Waals surface area contributed by atoms with Crippen molar-refractivity contribution in [3.8, 4) is 0 Å². The first-order chi connectivity index (χ1) is 7.15. The molecular formula is C6H9I3O6. The Balaban J connectivity index is 2.70. The molecule has 0 radical (unpaired) electrons. The van der Waals surface area contributed by atoms with Crippen molar-refractivity contribution in [3.63, 3.8) is 0 Å². The van der Waals surface area contributed by atoms with E-state index >= 15 is 0 Å². The topological polar surface area (TPSA) is 77.4 Å². The standard InChI is InChI=1S/C6H9I3O6/c7-12-1-2-4(14-8)3(10)5(15-9)6(11)13-2/h2-6,10-11H,1H2/t2-,3?,4?,5+,6?/m0/s1. The van der Waals surface area contributed by atoms with Crippen LogP contribution in [0.3, 0.4) is 0 Å². The van der Waals surface area contributed by atoms with Crippen LogP contribution in [0.4, 0.5) is 0 Å². The van der Waals surface area contributed by atoms with Crippen molar-refractivity contribution in [2.75, 3.05) is 6.61 Å². The van der Waals surface area contributed by atoms with E-state index in [0.717, 1.165) is 0 Å². The van der Waals surface area contributed by atoms with Gasteiger partial charge >= 0.3 is 0 Å². The van der Waals surface area contributed by atoms with Crippen molar-refractivity contribution < 1.29 is 24.1 Å². The maximum absolute atomic E-state index is 9.84. The summed E-state index contributed by atoms with van der Waals surface area (Å²) in [6, 6.07) is 0. The maximum atomic E-state index is 9.84. The van der Waals surface area contributed by atoms with Gasteiger partial charge in [-0.1, -0.05) is 0 Å². The highest BCUT2D eigenvalue weighted by atomic mass is 127. The van der Waals surface area contributed by atoms with E-state index < -0.39 is 30.7 Å². The van der Waals surface area contributed by atoms with Crippen LogP contribution in [0.2, 0.25) is 0 Å². The summed E-state index contributed by atoms with van der Waals surface area (Å²) in [5.74, 6) is 0. The Morgan fingerprint density at radius 1 is 1.07 bits per heavy atom. The van der Waals surface area contributed by atoms with Gasteiger partial charge in [0.15, 0.2) is 6.29 Å². The van der Waals surface area contributed by atoms with Crippen LogP contribution in [0.5, 0.6) is 0 Å². The number of aliphatic hydroxyl groups is 2. The Kier molecular flexibility index (Phi) is 7.40. The van der Waals surface area contributed by atoms with E-state index in [0.29, 0.717) is 0 Å². The number of rotatable bonds is 4. The molecule has 1 fully saturated rings. The number of hydrogen-bond donors (Lipinski definition) is 2. The number of ether oxygens (including phenoxy) is 1. The van der Waals surface area contributed by atoms with E-state index in [-0.39, 0.29) is 6.61 Å². The lowest BCUT2D eigenvalue weighted by Gasteiger charge is -2.39. The zero-order valence-corrected chi connectivity index (χ0v) is 13.7. The molecule has 0 amide bonds. The fourth-order valence-electron chi connectivity index (χ4n) is 1.31. The van der Waals surface area contributed by atoms with Crippen LogP contribution in [-0.4, -0.2) is 47.5 Å². The molecule has 90 valence electrons. The summed E-state index contributed by atoms with van der Waals surface area (Å²) in [6.45, 7) is 0.219.